The highest BCUT2D eigenvalue weighted by molar-refractivity contribution is 5.81. The molecule has 0 radical (unpaired) electrons. The van der Waals surface area contributed by atoms with Gasteiger partial charge in [-0.1, -0.05) is 32.9 Å². The molecule has 1 N–H and O–H groups in total. The van der Waals surface area contributed by atoms with Gasteiger partial charge in [-0.15, -0.1) is 0 Å². The summed E-state index contributed by atoms with van der Waals surface area (Å²) in [4.78, 5) is 25.2. The zero-order valence-corrected chi connectivity index (χ0v) is 9.46. The molecule has 0 aliphatic heterocycles. The lowest BCUT2D eigenvalue weighted by Crippen LogP contribution is -2.19. The number of fused-ring (bicyclic) bond motifs is 1. The molecule has 0 atom stereocenters. The van der Waals surface area contributed by atoms with Crippen LogP contribution in [0.5, 0.6) is 0 Å². The maximum absolute atomic E-state index is 11.5. The lowest BCUT2D eigenvalue weighted by atomic mass is 9.86. The van der Waals surface area contributed by atoms with Gasteiger partial charge in [0.2, 0.25) is 0 Å². The van der Waals surface area contributed by atoms with Crippen molar-refractivity contribution in [2.24, 2.45) is 0 Å². The summed E-state index contributed by atoms with van der Waals surface area (Å²) in [7, 11) is 0. The molecule has 2 aromatic rings. The summed E-state index contributed by atoms with van der Waals surface area (Å²) < 4.78 is 4.49. The van der Waals surface area contributed by atoms with E-state index in [1.54, 1.807) is 12.1 Å². The van der Waals surface area contributed by atoms with E-state index in [1.807, 2.05) is 26.8 Å². The van der Waals surface area contributed by atoms with Gasteiger partial charge in [0, 0.05) is 0 Å². The summed E-state index contributed by atoms with van der Waals surface area (Å²) in [6, 6.07) is 5.34. The Hall–Kier alpha value is -1.84. The molecule has 0 saturated heterocycles. The zero-order valence-electron chi connectivity index (χ0n) is 9.46. The first kappa shape index (κ1) is 10.7. The number of aromatic nitrogens is 1. The molecule has 0 fully saturated rings. The fourth-order valence-corrected chi connectivity index (χ4v) is 1.75. The molecule has 0 amide bonds. The summed E-state index contributed by atoms with van der Waals surface area (Å²) in [5, 5.41) is 0.409. The summed E-state index contributed by atoms with van der Waals surface area (Å²) >= 11 is 0. The topological polar surface area (TPSA) is 63.1 Å². The van der Waals surface area contributed by atoms with Crippen molar-refractivity contribution in [2.45, 2.75) is 26.2 Å². The van der Waals surface area contributed by atoms with E-state index in [2.05, 4.69) is 9.40 Å². The van der Waals surface area contributed by atoms with Crippen molar-refractivity contribution in [2.75, 3.05) is 0 Å². The fraction of sp³-hybridized carbons (Fsp3) is 0.333. The number of benzene rings is 1. The van der Waals surface area contributed by atoms with Crippen molar-refractivity contribution in [3.8, 4) is 0 Å². The van der Waals surface area contributed by atoms with Crippen LogP contribution >= 0.6 is 0 Å². The predicted molar refractivity (Wildman–Crippen MR) is 61.8 cm³/mol. The third-order valence-corrected chi connectivity index (χ3v) is 2.50. The Morgan fingerprint density at radius 3 is 2.50 bits per heavy atom. The number of nitrogens with one attached hydrogen (secondary N) is 1. The van der Waals surface area contributed by atoms with E-state index < -0.39 is 11.4 Å². The van der Waals surface area contributed by atoms with E-state index >= 15 is 0 Å². The van der Waals surface area contributed by atoms with Gasteiger partial charge >= 0.3 is 11.4 Å². The minimum Gasteiger partial charge on any atom is -0.372 e. The standard InChI is InChI=1S/C12H13NO3/c1-12(2,3)8-6-4-5-7-9(8)13-11(15)16-10(7)14/h4-6H,1-3H3,(H,13,15). The van der Waals surface area contributed by atoms with Crippen molar-refractivity contribution < 1.29 is 4.42 Å². The Kier molecular flexibility index (Phi) is 2.22. The normalized spacial score (nSPS) is 11.9. The van der Waals surface area contributed by atoms with Gasteiger partial charge in [-0.05, 0) is 17.0 Å². The highest BCUT2D eigenvalue weighted by atomic mass is 16.4. The summed E-state index contributed by atoms with van der Waals surface area (Å²) in [6.45, 7) is 6.07. The van der Waals surface area contributed by atoms with Gasteiger partial charge in [0.1, 0.15) is 0 Å². The van der Waals surface area contributed by atoms with Crippen molar-refractivity contribution in [3.63, 3.8) is 0 Å². The second-order valence-electron chi connectivity index (χ2n) is 4.78. The number of para-hydroxylation sites is 1. The van der Waals surface area contributed by atoms with Crippen LogP contribution < -0.4 is 11.4 Å². The van der Waals surface area contributed by atoms with Crippen LogP contribution in [0.25, 0.3) is 10.9 Å². The predicted octanol–water partition coefficient (Wildman–Crippen LogP) is 1.78. The Bertz CT molecular complexity index is 644. The molecule has 4 heteroatoms. The van der Waals surface area contributed by atoms with Crippen LogP contribution in [0.1, 0.15) is 26.3 Å². The molecule has 0 saturated carbocycles. The third kappa shape index (κ3) is 1.66. The highest BCUT2D eigenvalue weighted by Crippen LogP contribution is 2.26. The molecule has 2 rings (SSSR count). The number of rotatable bonds is 0. The smallest absolute Gasteiger partial charge is 0.372 e. The van der Waals surface area contributed by atoms with Crippen LogP contribution in [0, 0.1) is 0 Å². The minimum atomic E-state index is -0.714. The molecule has 1 aromatic carbocycles. The van der Waals surface area contributed by atoms with Gasteiger partial charge in [0.15, 0.2) is 0 Å². The van der Waals surface area contributed by atoms with Crippen LogP contribution in [0.15, 0.2) is 32.2 Å². The summed E-state index contributed by atoms with van der Waals surface area (Å²) in [6.07, 6.45) is 0. The number of aromatic amines is 1. The Balaban J connectivity index is 2.99. The number of hydrogen-bond acceptors (Lipinski definition) is 3. The first-order valence-corrected chi connectivity index (χ1v) is 5.06. The van der Waals surface area contributed by atoms with Crippen molar-refractivity contribution in [3.05, 3.63) is 44.7 Å². The maximum atomic E-state index is 11.5. The second kappa shape index (κ2) is 3.33. The van der Waals surface area contributed by atoms with E-state index in [-0.39, 0.29) is 5.41 Å². The molecule has 1 heterocycles. The van der Waals surface area contributed by atoms with E-state index in [4.69, 9.17) is 0 Å². The maximum Gasteiger partial charge on any atom is 0.419 e. The first-order valence-electron chi connectivity index (χ1n) is 5.06. The summed E-state index contributed by atoms with van der Waals surface area (Å²) in [5.74, 6) is -0.714. The van der Waals surface area contributed by atoms with Gasteiger partial charge in [-0.2, -0.15) is 0 Å². The van der Waals surface area contributed by atoms with E-state index in [0.29, 0.717) is 10.9 Å². The highest BCUT2D eigenvalue weighted by Gasteiger charge is 2.18. The molecule has 0 unspecified atom stereocenters. The molecule has 4 nitrogen and oxygen atoms in total. The zero-order chi connectivity index (χ0) is 11.9. The Morgan fingerprint density at radius 1 is 1.19 bits per heavy atom. The largest absolute Gasteiger partial charge is 0.419 e. The van der Waals surface area contributed by atoms with Gasteiger partial charge in [0.25, 0.3) is 0 Å². The average Bonchev–Trinajstić information content (AvgIpc) is 2.15. The summed E-state index contributed by atoms with van der Waals surface area (Å²) in [5.41, 5.74) is 0.757. The Morgan fingerprint density at radius 2 is 1.88 bits per heavy atom. The third-order valence-electron chi connectivity index (χ3n) is 2.50. The van der Waals surface area contributed by atoms with Crippen LogP contribution in [0.2, 0.25) is 0 Å². The lowest BCUT2D eigenvalue weighted by Gasteiger charge is -2.20. The molecular formula is C12H13NO3. The second-order valence-corrected chi connectivity index (χ2v) is 4.78. The van der Waals surface area contributed by atoms with Crippen LogP contribution in [0.4, 0.5) is 0 Å². The van der Waals surface area contributed by atoms with Crippen LogP contribution in [-0.2, 0) is 5.41 Å². The number of H-pyrrole nitrogens is 1. The van der Waals surface area contributed by atoms with Gasteiger partial charge in [0.05, 0.1) is 10.9 Å². The van der Waals surface area contributed by atoms with E-state index in [0.717, 1.165) is 5.56 Å². The SMILES string of the molecule is CC(C)(C)c1cccc2c(=O)oc(=O)[nH]c12. The van der Waals surface area contributed by atoms with Gasteiger partial charge in [-0.3, -0.25) is 4.98 Å². The van der Waals surface area contributed by atoms with Gasteiger partial charge < -0.3 is 4.42 Å². The van der Waals surface area contributed by atoms with E-state index in [9.17, 15) is 9.59 Å². The molecule has 1 aromatic heterocycles. The lowest BCUT2D eigenvalue weighted by molar-refractivity contribution is 0.459. The molecular weight excluding hydrogens is 206 g/mol. The van der Waals surface area contributed by atoms with Crippen molar-refractivity contribution in [1.29, 1.82) is 0 Å². The molecule has 16 heavy (non-hydrogen) atoms. The van der Waals surface area contributed by atoms with Crippen molar-refractivity contribution >= 4 is 10.9 Å². The van der Waals surface area contributed by atoms with Crippen LogP contribution in [-0.4, -0.2) is 4.98 Å². The molecule has 0 bridgehead atoms. The van der Waals surface area contributed by atoms with E-state index in [1.165, 1.54) is 0 Å². The minimum absolute atomic E-state index is 0.143. The van der Waals surface area contributed by atoms with Crippen molar-refractivity contribution in [1.82, 2.24) is 4.98 Å². The fourth-order valence-electron chi connectivity index (χ4n) is 1.75. The molecule has 0 aliphatic carbocycles. The van der Waals surface area contributed by atoms with Gasteiger partial charge in [-0.25, -0.2) is 9.59 Å². The molecule has 0 aliphatic rings. The first-order chi connectivity index (χ1) is 7.39. The average molecular weight is 219 g/mol. The monoisotopic (exact) mass is 219 g/mol. The Labute approximate surface area is 91.9 Å². The number of hydrogen-bond donors (Lipinski definition) is 1. The molecule has 0 spiro atoms. The van der Waals surface area contributed by atoms with Crippen LogP contribution in [0.3, 0.4) is 0 Å². The molecule has 84 valence electrons. The quantitative estimate of drug-likeness (QED) is 0.734.